The van der Waals surface area contributed by atoms with Gasteiger partial charge < -0.3 is 15.1 Å². The van der Waals surface area contributed by atoms with Gasteiger partial charge in [0.1, 0.15) is 6.04 Å². The summed E-state index contributed by atoms with van der Waals surface area (Å²) < 4.78 is 0. The molecule has 3 aromatic carbocycles. The highest BCUT2D eigenvalue weighted by atomic mass is 35.5. The third-order valence-electron chi connectivity index (χ3n) is 6.35. The van der Waals surface area contributed by atoms with Crippen molar-refractivity contribution in [1.29, 1.82) is 0 Å². The fourth-order valence-corrected chi connectivity index (χ4v) is 4.70. The van der Waals surface area contributed by atoms with Crippen molar-refractivity contribution < 1.29 is 14.4 Å². The second-order valence-corrected chi connectivity index (χ2v) is 10.7. The average Bonchev–Trinajstić information content (AvgIpc) is 3.10. The number of amides is 3. The molecule has 1 heterocycles. The van der Waals surface area contributed by atoms with Crippen molar-refractivity contribution in [3.8, 4) is 0 Å². The summed E-state index contributed by atoms with van der Waals surface area (Å²) in [6, 6.07) is 18.3. The summed E-state index contributed by atoms with van der Waals surface area (Å²) >= 11 is 6.02. The van der Waals surface area contributed by atoms with Gasteiger partial charge >= 0.3 is 0 Å². The fourth-order valence-electron chi connectivity index (χ4n) is 4.58. The monoisotopic (exact) mass is 505 g/mol. The molecule has 1 aliphatic rings. The molecule has 3 aromatic rings. The van der Waals surface area contributed by atoms with E-state index in [2.05, 4.69) is 5.32 Å². The Labute approximate surface area is 217 Å². The first-order valence-corrected chi connectivity index (χ1v) is 12.6. The molecule has 0 spiro atoms. The molecule has 0 bridgehead atoms. The van der Waals surface area contributed by atoms with Crippen LogP contribution in [0.3, 0.4) is 0 Å². The van der Waals surface area contributed by atoms with Crippen LogP contribution in [0.2, 0.25) is 5.02 Å². The molecule has 1 aliphatic heterocycles. The van der Waals surface area contributed by atoms with Gasteiger partial charge in [0.15, 0.2) is 0 Å². The second kappa shape index (κ2) is 10.3. The molecule has 0 radical (unpaired) electrons. The zero-order valence-electron chi connectivity index (χ0n) is 21.2. The fraction of sp³-hybridized carbons (Fsp3) is 0.345. The van der Waals surface area contributed by atoms with E-state index in [-0.39, 0.29) is 24.1 Å². The van der Waals surface area contributed by atoms with Crippen molar-refractivity contribution >= 4 is 45.8 Å². The van der Waals surface area contributed by atoms with Gasteiger partial charge in [0.2, 0.25) is 11.8 Å². The van der Waals surface area contributed by atoms with Crippen molar-refractivity contribution in [2.75, 3.05) is 11.4 Å². The van der Waals surface area contributed by atoms with E-state index in [1.807, 2.05) is 69.3 Å². The van der Waals surface area contributed by atoms with Crippen molar-refractivity contribution in [3.05, 3.63) is 76.8 Å². The Hall–Kier alpha value is -3.38. The minimum Gasteiger partial charge on any atom is -0.350 e. The number of hydrogen-bond acceptors (Lipinski definition) is 3. The van der Waals surface area contributed by atoms with E-state index in [9.17, 15) is 14.4 Å². The predicted octanol–water partition coefficient (Wildman–Crippen LogP) is 5.57. The van der Waals surface area contributed by atoms with Gasteiger partial charge in [0.25, 0.3) is 5.91 Å². The van der Waals surface area contributed by atoms with Crippen molar-refractivity contribution in [3.63, 3.8) is 0 Å². The molecule has 0 unspecified atom stereocenters. The largest absolute Gasteiger partial charge is 0.350 e. The van der Waals surface area contributed by atoms with Crippen LogP contribution in [0.15, 0.2) is 60.7 Å². The lowest BCUT2D eigenvalue weighted by atomic mass is 10.1. The quantitative estimate of drug-likeness (QED) is 0.435. The van der Waals surface area contributed by atoms with E-state index >= 15 is 0 Å². The van der Waals surface area contributed by atoms with Gasteiger partial charge in [-0.1, -0.05) is 48.0 Å². The zero-order valence-corrected chi connectivity index (χ0v) is 21.9. The molecular formula is C29H32ClN3O3. The Morgan fingerprint density at radius 1 is 1.03 bits per heavy atom. The van der Waals surface area contributed by atoms with Gasteiger partial charge in [-0.15, -0.1) is 0 Å². The molecule has 1 N–H and O–H groups in total. The minimum absolute atomic E-state index is 0.0369. The van der Waals surface area contributed by atoms with Crippen LogP contribution in [-0.4, -0.2) is 40.7 Å². The number of benzene rings is 3. The highest BCUT2D eigenvalue weighted by Crippen LogP contribution is 2.37. The number of nitrogens with zero attached hydrogens (tertiary/aromatic N) is 2. The molecular weight excluding hydrogens is 474 g/mol. The number of carbonyl (C=O) groups excluding carboxylic acids is 3. The second-order valence-electron chi connectivity index (χ2n) is 10.3. The molecule has 0 aliphatic carbocycles. The SMILES string of the molecule is C[C@H](C(=O)NC(C)(C)C)N(Cc1ccc(Cl)cc1)C(=O)CCCN1C(=O)c2cccc3cccc1c23. The topological polar surface area (TPSA) is 69.7 Å². The Bertz CT molecular complexity index is 1290. The van der Waals surface area contributed by atoms with Crippen LogP contribution >= 0.6 is 11.6 Å². The molecule has 4 rings (SSSR count). The van der Waals surface area contributed by atoms with E-state index in [1.165, 1.54) is 0 Å². The lowest BCUT2D eigenvalue weighted by molar-refractivity contribution is -0.141. The summed E-state index contributed by atoms with van der Waals surface area (Å²) in [5.41, 5.74) is 2.06. The maximum atomic E-state index is 13.4. The molecule has 0 saturated heterocycles. The van der Waals surface area contributed by atoms with Gasteiger partial charge in [-0.3, -0.25) is 14.4 Å². The van der Waals surface area contributed by atoms with Gasteiger partial charge in [-0.25, -0.2) is 0 Å². The number of nitrogens with one attached hydrogen (secondary N) is 1. The Morgan fingerprint density at radius 2 is 1.69 bits per heavy atom. The standard InChI is InChI=1S/C29H32ClN3O3/c1-19(27(35)31-29(2,3)4)33(18-20-13-15-22(30)16-14-20)25(34)12-7-17-32-24-11-6-9-21-8-5-10-23(26(21)24)28(32)36/h5-6,8-11,13-16,19H,7,12,17-18H2,1-4H3,(H,31,35)/t19-/m1/s1. The number of rotatable bonds is 8. The van der Waals surface area contributed by atoms with Crippen LogP contribution in [0, 0.1) is 0 Å². The third kappa shape index (κ3) is 5.54. The molecule has 7 heteroatoms. The van der Waals surface area contributed by atoms with Crippen LogP contribution in [0.1, 0.15) is 56.5 Å². The average molecular weight is 506 g/mol. The highest BCUT2D eigenvalue weighted by molar-refractivity contribution is 6.30. The van der Waals surface area contributed by atoms with Crippen molar-refractivity contribution in [2.24, 2.45) is 0 Å². The lowest BCUT2D eigenvalue weighted by Gasteiger charge is -2.31. The first kappa shape index (κ1) is 25.7. The van der Waals surface area contributed by atoms with E-state index in [4.69, 9.17) is 11.6 Å². The summed E-state index contributed by atoms with van der Waals surface area (Å²) in [5, 5.41) is 5.58. The van der Waals surface area contributed by atoms with Crippen molar-refractivity contribution in [1.82, 2.24) is 10.2 Å². The summed E-state index contributed by atoms with van der Waals surface area (Å²) in [5.74, 6) is -0.379. The number of halogens is 1. The van der Waals surface area contributed by atoms with Gasteiger partial charge in [-0.05, 0) is 69.3 Å². The molecule has 36 heavy (non-hydrogen) atoms. The maximum Gasteiger partial charge on any atom is 0.258 e. The van der Waals surface area contributed by atoms with Crippen LogP contribution in [0.25, 0.3) is 10.8 Å². The molecule has 3 amide bonds. The Kier molecular flexibility index (Phi) is 7.36. The summed E-state index contributed by atoms with van der Waals surface area (Å²) in [6.07, 6.45) is 0.705. The highest BCUT2D eigenvalue weighted by Gasteiger charge is 2.31. The van der Waals surface area contributed by atoms with Crippen LogP contribution in [0.4, 0.5) is 5.69 Å². The zero-order chi connectivity index (χ0) is 26.0. The normalized spacial score (nSPS) is 13.7. The van der Waals surface area contributed by atoms with Crippen molar-refractivity contribution in [2.45, 2.75) is 58.7 Å². The number of hydrogen-bond donors (Lipinski definition) is 1. The van der Waals surface area contributed by atoms with Crippen LogP contribution in [-0.2, 0) is 16.1 Å². The molecule has 6 nitrogen and oxygen atoms in total. The Balaban J connectivity index is 1.47. The third-order valence-corrected chi connectivity index (χ3v) is 6.61. The molecule has 0 aromatic heterocycles. The predicted molar refractivity (Wildman–Crippen MR) is 144 cm³/mol. The summed E-state index contributed by atoms with van der Waals surface area (Å²) in [6.45, 7) is 8.20. The lowest BCUT2D eigenvalue weighted by Crippen LogP contribution is -2.52. The summed E-state index contributed by atoms with van der Waals surface area (Å²) in [4.78, 5) is 42.7. The van der Waals surface area contributed by atoms with Crippen LogP contribution in [0.5, 0.6) is 0 Å². The summed E-state index contributed by atoms with van der Waals surface area (Å²) in [7, 11) is 0. The smallest absolute Gasteiger partial charge is 0.258 e. The van der Waals surface area contributed by atoms with Crippen LogP contribution < -0.4 is 10.2 Å². The van der Waals surface area contributed by atoms with Gasteiger partial charge in [-0.2, -0.15) is 0 Å². The van der Waals surface area contributed by atoms with E-state index in [0.29, 0.717) is 30.1 Å². The van der Waals surface area contributed by atoms with Gasteiger partial charge in [0, 0.05) is 41.0 Å². The van der Waals surface area contributed by atoms with Gasteiger partial charge in [0.05, 0.1) is 5.69 Å². The number of anilines is 1. The first-order chi connectivity index (χ1) is 17.0. The molecule has 0 fully saturated rings. The molecule has 1 atom stereocenters. The maximum absolute atomic E-state index is 13.4. The first-order valence-electron chi connectivity index (χ1n) is 12.2. The van der Waals surface area contributed by atoms with E-state index in [0.717, 1.165) is 22.0 Å². The number of carbonyl (C=O) groups is 3. The molecule has 188 valence electrons. The Morgan fingerprint density at radius 3 is 2.36 bits per heavy atom. The van der Waals surface area contributed by atoms with E-state index in [1.54, 1.807) is 28.9 Å². The van der Waals surface area contributed by atoms with E-state index < -0.39 is 11.6 Å². The molecule has 0 saturated carbocycles. The minimum atomic E-state index is -0.654.